The second kappa shape index (κ2) is 7.54. The quantitative estimate of drug-likeness (QED) is 0.428. The number of hydrogen-bond acceptors (Lipinski definition) is 1. The zero-order valence-electron chi connectivity index (χ0n) is 5.01. The van der Waals surface area contributed by atoms with Crippen LogP contribution in [0.5, 0.6) is 0 Å². The first-order valence-corrected chi connectivity index (χ1v) is 5.02. The molecule has 0 bridgehead atoms. The number of hydrogen-bond donors (Lipinski definition) is 0. The van der Waals surface area contributed by atoms with E-state index >= 15 is 0 Å². The van der Waals surface area contributed by atoms with Crippen LogP contribution in [-0.4, -0.2) is 8.05 Å². The molecule has 0 aliphatic carbocycles. The molecule has 11 heavy (non-hydrogen) atoms. The molecule has 0 amide bonds. The molecule has 0 saturated carbocycles. The van der Waals surface area contributed by atoms with Crippen LogP contribution in [0.25, 0.3) is 0 Å². The minimum Gasteiger partial charge on any atom is 0 e. The Morgan fingerprint density at radius 2 is 1.82 bits per heavy atom. The molecular formula is C5HF2NW3. The molecule has 0 heterocycles. The minimum atomic E-state index is -0.759. The smallest absolute Gasteiger partial charge is 0 e. The maximum Gasteiger partial charge on any atom is 0 e. The molecule has 1 nitrogen and oxygen atoms in total. The van der Waals surface area contributed by atoms with Crippen molar-refractivity contribution in [3.8, 4) is 6.07 Å². The monoisotopic (exact) mass is 665 g/mol. The van der Waals surface area contributed by atoms with Crippen molar-refractivity contribution in [1.82, 2.24) is 0 Å². The predicted octanol–water partition coefficient (Wildman–Crippen LogP) is 0.726. The second-order valence-electron chi connectivity index (χ2n) is 1.24. The summed E-state index contributed by atoms with van der Waals surface area (Å²) >= 11 is 1.27. The van der Waals surface area contributed by atoms with Crippen LogP contribution in [0.15, 0.2) is 11.9 Å². The maximum absolute atomic E-state index is 12.4. The fraction of sp³-hybridized carbons (Fsp3) is 0. The molecule has 0 spiro atoms. The Balaban J connectivity index is 0. The first-order chi connectivity index (χ1) is 4.57. The molecule has 0 N–H and O–H groups in total. The fourth-order valence-corrected chi connectivity index (χ4v) is 0.802. The van der Waals surface area contributed by atoms with Crippen molar-refractivity contribution in [2.24, 2.45) is 0 Å². The average molecular weight is 665 g/mol. The van der Waals surface area contributed by atoms with E-state index in [9.17, 15) is 8.78 Å². The van der Waals surface area contributed by atoms with E-state index in [1.54, 1.807) is 6.07 Å². The molecule has 0 aromatic rings. The molecule has 0 fully saturated rings. The molecule has 58 valence electrons. The summed E-state index contributed by atoms with van der Waals surface area (Å²) in [5.41, 5.74) is 0. The Kier molecular flexibility index (Phi) is 9.88. The van der Waals surface area contributed by atoms with Crippen molar-refractivity contribution in [2.75, 3.05) is 0 Å². The summed E-state index contributed by atoms with van der Waals surface area (Å²) in [6.07, 6.45) is 0.737. The van der Waals surface area contributed by atoms with Crippen molar-refractivity contribution in [3.05, 3.63) is 11.9 Å². The van der Waals surface area contributed by atoms with Crippen molar-refractivity contribution < 1.29 is 68.6 Å². The molecule has 0 aliphatic rings. The maximum atomic E-state index is 12.4. The van der Waals surface area contributed by atoms with E-state index in [1.165, 1.54) is 0 Å². The van der Waals surface area contributed by atoms with Crippen LogP contribution in [0.4, 0.5) is 8.78 Å². The van der Waals surface area contributed by atoms with Crippen LogP contribution in [0.3, 0.4) is 0 Å². The molecule has 0 aliphatic heterocycles. The van der Waals surface area contributed by atoms with Crippen LogP contribution < -0.4 is 0 Å². The van der Waals surface area contributed by atoms with Gasteiger partial charge in [0, 0.05) is 21.1 Å². The van der Waals surface area contributed by atoms with Crippen molar-refractivity contribution >= 4 is 8.05 Å². The van der Waals surface area contributed by atoms with Gasteiger partial charge in [0.2, 0.25) is 0 Å². The van der Waals surface area contributed by atoms with Gasteiger partial charge in [-0.1, -0.05) is 0 Å². The number of allylic oxidation sites excluding steroid dienone is 2. The van der Waals surface area contributed by atoms with Gasteiger partial charge in [-0.15, -0.1) is 0 Å². The summed E-state index contributed by atoms with van der Waals surface area (Å²) in [5.74, 6) is -0.759. The van der Waals surface area contributed by atoms with E-state index in [2.05, 4.69) is 0 Å². The Labute approximate surface area is 98.9 Å². The van der Waals surface area contributed by atoms with Gasteiger partial charge in [0.1, 0.15) is 0 Å². The van der Waals surface area contributed by atoms with Crippen molar-refractivity contribution in [3.63, 3.8) is 0 Å². The molecule has 0 aromatic carbocycles. The Morgan fingerprint density at radius 3 is 2.09 bits per heavy atom. The molecule has 0 rings (SSSR count). The summed E-state index contributed by atoms with van der Waals surface area (Å²) in [7, 11) is 0. The van der Waals surface area contributed by atoms with Gasteiger partial charge < -0.3 is 0 Å². The van der Waals surface area contributed by atoms with Crippen molar-refractivity contribution in [2.45, 2.75) is 0 Å². The number of nitrogens with zero attached hydrogens (tertiary/aromatic N) is 1. The van der Waals surface area contributed by atoms with E-state index in [-0.39, 0.29) is 25.0 Å². The molecule has 0 unspecified atom stereocenters. The van der Waals surface area contributed by atoms with Crippen LogP contribution in [0, 0.1) is 11.3 Å². The van der Waals surface area contributed by atoms with Crippen LogP contribution >= 0.6 is 0 Å². The van der Waals surface area contributed by atoms with E-state index in [0.717, 1.165) is 6.08 Å². The average Bonchev–Trinajstić information content (AvgIpc) is 1.85. The molecule has 0 radical (unpaired) electrons. The van der Waals surface area contributed by atoms with E-state index < -0.39 is 9.98 Å². The topological polar surface area (TPSA) is 23.8 Å². The van der Waals surface area contributed by atoms with Gasteiger partial charge in [0.05, 0.1) is 0 Å². The number of rotatable bonds is 2. The molecule has 0 atom stereocenters. The van der Waals surface area contributed by atoms with Gasteiger partial charge >= 0.3 is 78.8 Å². The minimum absolute atomic E-state index is 0. The van der Waals surface area contributed by atoms with Gasteiger partial charge in [-0.2, -0.15) is 0 Å². The van der Waals surface area contributed by atoms with Gasteiger partial charge in [0.15, 0.2) is 0 Å². The summed E-state index contributed by atoms with van der Waals surface area (Å²) in [4.78, 5) is 0. The third-order valence-electron chi connectivity index (χ3n) is 0.559. The zero-order valence-corrected chi connectivity index (χ0v) is 13.8. The zero-order chi connectivity index (χ0) is 8.15. The largest absolute Gasteiger partial charge is 0 e. The normalized spacial score (nSPS) is 9.36. The van der Waals surface area contributed by atoms with Crippen LogP contribution in [0.2, 0.25) is 0 Å². The van der Waals surface area contributed by atoms with E-state index in [4.69, 9.17) is 5.26 Å². The van der Waals surface area contributed by atoms with Crippen LogP contribution in [-0.2, 0) is 59.8 Å². The van der Waals surface area contributed by atoms with Crippen molar-refractivity contribution in [1.29, 1.82) is 5.26 Å². The van der Waals surface area contributed by atoms with Gasteiger partial charge in [-0.3, -0.25) is 0 Å². The third kappa shape index (κ3) is 7.26. The molecular weight excluding hydrogens is 664 g/mol. The fourth-order valence-electron chi connectivity index (χ4n) is 0.219. The SMILES string of the molecule is N#C[C](=[W])/C(F)=C\[C](F)=[W].[W]. The molecule has 0 aromatic heterocycles. The first kappa shape index (κ1) is 14.4. The van der Waals surface area contributed by atoms with E-state index in [0.29, 0.717) is 38.7 Å². The Hall–Kier alpha value is 0.895. The van der Waals surface area contributed by atoms with Gasteiger partial charge in [-0.05, 0) is 0 Å². The summed E-state index contributed by atoms with van der Waals surface area (Å²) in [6, 6.07) is 1.61. The summed E-state index contributed by atoms with van der Waals surface area (Å²) in [6.45, 7) is 0. The van der Waals surface area contributed by atoms with Crippen LogP contribution in [0.1, 0.15) is 0 Å². The third-order valence-corrected chi connectivity index (χ3v) is 2.01. The first-order valence-electron chi connectivity index (χ1n) is 2.09. The summed E-state index contributed by atoms with van der Waals surface area (Å²) < 4.78 is 23.8. The molecule has 6 heteroatoms. The number of halogens is 2. The molecule has 0 saturated heterocycles. The number of nitriles is 1. The standard InChI is InChI=1S/C5HF2N.3W/c6-3-1-5(7)2-4-8;;;/h1H;;;/b5-1+;;;. The van der Waals surface area contributed by atoms with Gasteiger partial charge in [-0.25, -0.2) is 0 Å². The Morgan fingerprint density at radius 1 is 1.36 bits per heavy atom. The van der Waals surface area contributed by atoms with E-state index in [1.807, 2.05) is 0 Å². The second-order valence-corrected chi connectivity index (χ2v) is 4.11. The Bertz CT molecular complexity index is 241. The van der Waals surface area contributed by atoms with Gasteiger partial charge in [0.25, 0.3) is 0 Å². The predicted molar refractivity (Wildman–Crippen MR) is 25.9 cm³/mol. The summed E-state index contributed by atoms with van der Waals surface area (Å²) in [5, 5.41) is 8.15.